The molecule has 3 aromatic carbocycles. The van der Waals surface area contributed by atoms with Crippen molar-refractivity contribution in [2.45, 2.75) is 43.7 Å². The minimum Gasteiger partial charge on any atom is -0.478 e. The first-order chi connectivity index (χ1) is 19.3. The van der Waals surface area contributed by atoms with E-state index >= 15 is 4.39 Å². The van der Waals surface area contributed by atoms with Crippen molar-refractivity contribution in [3.8, 4) is 0 Å². The number of aromatic carboxylic acids is 1. The number of nitrogens with zero attached hydrogens (tertiary/aromatic N) is 3. The van der Waals surface area contributed by atoms with Crippen LogP contribution in [0.25, 0.3) is 11.0 Å². The fraction of sp³-hybridized carbons (Fsp3) is 0.300. The molecule has 0 bridgehead atoms. The molecule has 4 aromatic rings. The largest absolute Gasteiger partial charge is 0.478 e. The third kappa shape index (κ3) is 4.12. The summed E-state index contributed by atoms with van der Waals surface area (Å²) < 4.78 is 17.8. The first-order valence-corrected chi connectivity index (χ1v) is 14.1. The van der Waals surface area contributed by atoms with Gasteiger partial charge in [-0.1, -0.05) is 35.3 Å². The zero-order valence-electron chi connectivity index (χ0n) is 21.3. The van der Waals surface area contributed by atoms with Crippen molar-refractivity contribution in [2.75, 3.05) is 16.8 Å². The molecule has 10 heteroatoms. The number of benzene rings is 3. The zero-order valence-corrected chi connectivity index (χ0v) is 22.8. The fourth-order valence-corrected chi connectivity index (χ4v) is 6.78. The summed E-state index contributed by atoms with van der Waals surface area (Å²) in [6, 6.07) is 14.9. The molecule has 0 radical (unpaired) electrons. The van der Waals surface area contributed by atoms with E-state index in [4.69, 9.17) is 28.2 Å². The molecule has 1 saturated carbocycles. The van der Waals surface area contributed by atoms with E-state index in [-0.39, 0.29) is 28.1 Å². The number of carbonyl (C=O) groups excluding carboxylic acids is 1. The molecule has 2 N–H and O–H groups in total. The van der Waals surface area contributed by atoms with Gasteiger partial charge in [-0.25, -0.2) is 14.2 Å². The number of hydrogen-bond donors (Lipinski definition) is 2. The molecule has 0 spiro atoms. The average molecular weight is 579 g/mol. The number of carboxylic acids is 1. The molecular weight excluding hydrogens is 554 g/mol. The van der Waals surface area contributed by atoms with Gasteiger partial charge in [0, 0.05) is 29.7 Å². The SMILES string of the molecule is O=C(O)c1ccc2c(c1)nc1n2CC[C@@H]2[C@H]1[C@@H](c1cccc(Cl)c1F)C(=O)Nc1cc(Cl)ccc1N2CC1CC1. The Balaban J connectivity index is 1.48. The number of imidazole rings is 1. The van der Waals surface area contributed by atoms with E-state index in [2.05, 4.69) is 10.2 Å². The van der Waals surface area contributed by atoms with Crippen molar-refractivity contribution in [1.82, 2.24) is 9.55 Å². The first kappa shape index (κ1) is 25.4. The lowest BCUT2D eigenvalue weighted by Gasteiger charge is -2.46. The molecule has 1 aliphatic carbocycles. The molecule has 2 aliphatic heterocycles. The molecule has 0 unspecified atom stereocenters. The monoisotopic (exact) mass is 578 g/mol. The minimum atomic E-state index is -1.04. The number of rotatable bonds is 4. The van der Waals surface area contributed by atoms with Crippen LogP contribution >= 0.6 is 23.2 Å². The van der Waals surface area contributed by atoms with Crippen molar-refractivity contribution in [1.29, 1.82) is 0 Å². The molecule has 1 fully saturated rings. The zero-order chi connectivity index (χ0) is 27.7. The lowest BCUT2D eigenvalue weighted by atomic mass is 9.75. The molecule has 7 rings (SSSR count). The van der Waals surface area contributed by atoms with Crippen LogP contribution in [0.15, 0.2) is 54.6 Å². The van der Waals surface area contributed by atoms with Gasteiger partial charge in [0.1, 0.15) is 11.6 Å². The van der Waals surface area contributed by atoms with Gasteiger partial charge in [-0.15, -0.1) is 0 Å². The Morgan fingerprint density at radius 2 is 1.93 bits per heavy atom. The normalized spacial score (nSPS) is 22.1. The number of carboxylic acid groups (broad SMARTS) is 1. The summed E-state index contributed by atoms with van der Waals surface area (Å²) in [4.78, 5) is 33.1. The summed E-state index contributed by atoms with van der Waals surface area (Å²) in [5, 5.41) is 13.1. The summed E-state index contributed by atoms with van der Waals surface area (Å²) in [5.74, 6) is -2.38. The summed E-state index contributed by atoms with van der Waals surface area (Å²) in [6.45, 7) is 1.41. The molecule has 3 heterocycles. The molecule has 1 amide bonds. The van der Waals surface area contributed by atoms with Crippen LogP contribution in [0.4, 0.5) is 15.8 Å². The van der Waals surface area contributed by atoms with Gasteiger partial charge in [-0.05, 0) is 67.6 Å². The van der Waals surface area contributed by atoms with Gasteiger partial charge in [0.25, 0.3) is 0 Å². The molecule has 1 aromatic heterocycles. The number of aryl methyl sites for hydroxylation is 1. The van der Waals surface area contributed by atoms with Gasteiger partial charge in [-0.3, -0.25) is 4.79 Å². The van der Waals surface area contributed by atoms with E-state index in [9.17, 15) is 14.7 Å². The smallest absolute Gasteiger partial charge is 0.335 e. The van der Waals surface area contributed by atoms with E-state index in [1.54, 1.807) is 36.4 Å². The van der Waals surface area contributed by atoms with Crippen molar-refractivity contribution >= 4 is 57.5 Å². The fourth-order valence-electron chi connectivity index (χ4n) is 6.42. The predicted octanol–water partition coefficient (Wildman–Crippen LogP) is 6.69. The highest BCUT2D eigenvalue weighted by molar-refractivity contribution is 6.31. The van der Waals surface area contributed by atoms with Gasteiger partial charge in [0.2, 0.25) is 5.91 Å². The van der Waals surface area contributed by atoms with Crippen molar-refractivity contribution in [2.24, 2.45) is 5.92 Å². The van der Waals surface area contributed by atoms with Crippen LogP contribution in [-0.2, 0) is 11.3 Å². The van der Waals surface area contributed by atoms with E-state index in [1.807, 2.05) is 16.7 Å². The van der Waals surface area contributed by atoms with E-state index in [1.165, 1.54) is 6.07 Å². The second kappa shape index (κ2) is 9.49. The Morgan fingerprint density at radius 3 is 2.70 bits per heavy atom. The first-order valence-electron chi connectivity index (χ1n) is 13.3. The Labute approximate surface area is 239 Å². The number of fused-ring (bicyclic) bond motifs is 6. The maximum Gasteiger partial charge on any atom is 0.335 e. The van der Waals surface area contributed by atoms with Crippen LogP contribution in [0.5, 0.6) is 0 Å². The highest BCUT2D eigenvalue weighted by Crippen LogP contribution is 2.49. The average Bonchev–Trinajstić information content (AvgIpc) is 3.67. The number of carbonyl (C=O) groups is 2. The highest BCUT2D eigenvalue weighted by atomic mass is 35.5. The molecule has 0 saturated heterocycles. The number of halogens is 3. The number of hydrogen-bond acceptors (Lipinski definition) is 4. The third-order valence-electron chi connectivity index (χ3n) is 8.42. The number of aromatic nitrogens is 2. The molecule has 40 heavy (non-hydrogen) atoms. The van der Waals surface area contributed by atoms with Crippen molar-refractivity contribution in [3.05, 3.63) is 87.4 Å². The van der Waals surface area contributed by atoms with Crippen LogP contribution < -0.4 is 10.2 Å². The van der Waals surface area contributed by atoms with Crippen molar-refractivity contribution in [3.63, 3.8) is 0 Å². The number of nitrogens with one attached hydrogen (secondary N) is 1. The Bertz CT molecular complexity index is 1700. The molecule has 3 atom stereocenters. The Kier molecular flexibility index (Phi) is 6.02. The van der Waals surface area contributed by atoms with Crippen LogP contribution in [0.3, 0.4) is 0 Å². The Morgan fingerprint density at radius 1 is 1.10 bits per heavy atom. The van der Waals surface area contributed by atoms with Crippen molar-refractivity contribution < 1.29 is 19.1 Å². The summed E-state index contributed by atoms with van der Waals surface area (Å²) in [5.41, 5.74) is 3.12. The van der Waals surface area contributed by atoms with Crippen LogP contribution in [0, 0.1) is 11.7 Å². The Hall–Kier alpha value is -3.62. The van der Waals surface area contributed by atoms with E-state index < -0.39 is 23.6 Å². The van der Waals surface area contributed by atoms with Gasteiger partial charge in [0.15, 0.2) is 0 Å². The summed E-state index contributed by atoms with van der Waals surface area (Å²) in [7, 11) is 0. The lowest BCUT2D eigenvalue weighted by Crippen LogP contribution is -2.50. The quantitative estimate of drug-likeness (QED) is 0.282. The van der Waals surface area contributed by atoms with Crippen LogP contribution in [0.1, 0.15) is 52.8 Å². The molecule has 7 nitrogen and oxygen atoms in total. The van der Waals surface area contributed by atoms with Gasteiger partial charge in [0.05, 0.1) is 44.8 Å². The molecule has 204 valence electrons. The second-order valence-electron chi connectivity index (χ2n) is 10.9. The second-order valence-corrected chi connectivity index (χ2v) is 11.7. The number of amides is 1. The molecule has 3 aliphatic rings. The van der Waals surface area contributed by atoms with Gasteiger partial charge >= 0.3 is 5.97 Å². The molecular formula is C30H25Cl2FN4O3. The standard InChI is InChI=1S/C30H25Cl2FN4O3/c31-17-7-9-23-21(13-17)35-29(38)25(18-2-1-3-19(32)27(18)33)26-24(37(23)14-15-4-5-15)10-11-36-22-8-6-16(30(39)40)12-20(22)34-28(26)36/h1-3,6-9,12-13,15,24-26H,4-5,10-11,14H2,(H,35,38)(H,39,40)/t24-,25-,26+/m1/s1. The minimum absolute atomic E-state index is 0.0578. The van der Waals surface area contributed by atoms with Gasteiger partial charge in [-0.2, -0.15) is 0 Å². The third-order valence-corrected chi connectivity index (χ3v) is 8.95. The van der Waals surface area contributed by atoms with Gasteiger partial charge < -0.3 is 19.9 Å². The van der Waals surface area contributed by atoms with Crippen LogP contribution in [-0.4, -0.2) is 39.1 Å². The predicted molar refractivity (Wildman–Crippen MR) is 152 cm³/mol. The lowest BCUT2D eigenvalue weighted by molar-refractivity contribution is -0.118. The van der Waals surface area contributed by atoms with Crippen LogP contribution in [0.2, 0.25) is 10.0 Å². The summed E-state index contributed by atoms with van der Waals surface area (Å²) in [6.07, 6.45) is 2.95. The highest BCUT2D eigenvalue weighted by Gasteiger charge is 2.48. The van der Waals surface area contributed by atoms with E-state index in [0.29, 0.717) is 40.9 Å². The maximum atomic E-state index is 15.7. The van der Waals surface area contributed by atoms with E-state index in [0.717, 1.165) is 30.6 Å². The number of anilines is 2. The topological polar surface area (TPSA) is 87.5 Å². The summed E-state index contributed by atoms with van der Waals surface area (Å²) >= 11 is 12.6. The maximum absolute atomic E-state index is 15.7.